The van der Waals surface area contributed by atoms with Crippen molar-refractivity contribution < 1.29 is 27.8 Å². The van der Waals surface area contributed by atoms with Crippen LogP contribution in [0.25, 0.3) is 0 Å². The molecule has 7 heteroatoms. The first-order valence-electron chi connectivity index (χ1n) is 8.97. The Morgan fingerprint density at radius 2 is 1.68 bits per heavy atom. The highest BCUT2D eigenvalue weighted by Crippen LogP contribution is 2.26. The standard InChI is InChI=1S/C21H23F2NO4/c1-4-13(2)17-7-5-6-8-18(17)24-19(25)14(3)27-20(26)15-9-11-16(12-10-15)28-21(22)23/h5-14,21H,4H2,1-3H3,(H,24,25)/t13-,14-/m1/s1. The lowest BCUT2D eigenvalue weighted by Crippen LogP contribution is -2.30. The lowest BCUT2D eigenvalue weighted by atomic mass is 9.97. The number of para-hydroxylation sites is 1. The Hall–Kier alpha value is -2.96. The van der Waals surface area contributed by atoms with Crippen molar-refractivity contribution in [3.8, 4) is 5.75 Å². The third-order valence-corrected chi connectivity index (χ3v) is 4.33. The molecule has 28 heavy (non-hydrogen) atoms. The number of hydrogen-bond acceptors (Lipinski definition) is 4. The second kappa shape index (κ2) is 9.82. The van der Waals surface area contributed by atoms with Crippen LogP contribution >= 0.6 is 0 Å². The molecular weight excluding hydrogens is 368 g/mol. The molecule has 2 rings (SSSR count). The van der Waals surface area contributed by atoms with Crippen molar-refractivity contribution >= 4 is 17.6 Å². The van der Waals surface area contributed by atoms with Gasteiger partial charge < -0.3 is 14.8 Å². The quantitative estimate of drug-likeness (QED) is 0.644. The van der Waals surface area contributed by atoms with Crippen LogP contribution in [0.1, 0.15) is 49.0 Å². The van der Waals surface area contributed by atoms with Gasteiger partial charge in [0.1, 0.15) is 5.75 Å². The average molecular weight is 391 g/mol. The van der Waals surface area contributed by atoms with Crippen molar-refractivity contribution in [2.24, 2.45) is 0 Å². The summed E-state index contributed by atoms with van der Waals surface area (Å²) in [5.41, 5.74) is 1.81. The molecule has 0 aromatic heterocycles. The summed E-state index contributed by atoms with van der Waals surface area (Å²) in [6.45, 7) is 2.65. The zero-order valence-corrected chi connectivity index (χ0v) is 15.9. The Morgan fingerprint density at radius 1 is 1.04 bits per heavy atom. The highest BCUT2D eigenvalue weighted by atomic mass is 19.3. The molecule has 2 aromatic rings. The molecule has 150 valence electrons. The van der Waals surface area contributed by atoms with Gasteiger partial charge in [0.25, 0.3) is 5.91 Å². The largest absolute Gasteiger partial charge is 0.449 e. The van der Waals surface area contributed by atoms with E-state index in [9.17, 15) is 18.4 Å². The normalized spacial score (nSPS) is 12.9. The molecule has 0 fully saturated rings. The predicted molar refractivity (Wildman–Crippen MR) is 102 cm³/mol. The van der Waals surface area contributed by atoms with E-state index < -0.39 is 24.6 Å². The molecule has 0 spiro atoms. The van der Waals surface area contributed by atoms with Gasteiger partial charge in [-0.3, -0.25) is 4.79 Å². The number of benzene rings is 2. The number of ether oxygens (including phenoxy) is 2. The van der Waals surface area contributed by atoms with Crippen molar-refractivity contribution in [1.29, 1.82) is 0 Å². The molecule has 1 N–H and O–H groups in total. The van der Waals surface area contributed by atoms with Crippen molar-refractivity contribution in [3.63, 3.8) is 0 Å². The van der Waals surface area contributed by atoms with E-state index in [-0.39, 0.29) is 17.2 Å². The van der Waals surface area contributed by atoms with Gasteiger partial charge in [0.05, 0.1) is 5.56 Å². The van der Waals surface area contributed by atoms with E-state index in [4.69, 9.17) is 4.74 Å². The van der Waals surface area contributed by atoms with Crippen LogP contribution in [0.3, 0.4) is 0 Å². The fourth-order valence-electron chi connectivity index (χ4n) is 2.55. The van der Waals surface area contributed by atoms with Crippen LogP contribution in [0.4, 0.5) is 14.5 Å². The van der Waals surface area contributed by atoms with Gasteiger partial charge in [-0.25, -0.2) is 4.79 Å². The number of amides is 1. The van der Waals surface area contributed by atoms with Gasteiger partial charge in [0, 0.05) is 5.69 Å². The number of alkyl halides is 2. The predicted octanol–water partition coefficient (Wildman–Crippen LogP) is 4.99. The van der Waals surface area contributed by atoms with E-state index in [0.717, 1.165) is 12.0 Å². The van der Waals surface area contributed by atoms with Crippen molar-refractivity contribution in [2.75, 3.05) is 5.32 Å². The second-order valence-electron chi connectivity index (χ2n) is 6.34. The van der Waals surface area contributed by atoms with Gasteiger partial charge in [-0.2, -0.15) is 8.78 Å². The summed E-state index contributed by atoms with van der Waals surface area (Å²) in [5.74, 6) is -0.995. The first-order valence-corrected chi connectivity index (χ1v) is 8.97. The van der Waals surface area contributed by atoms with E-state index in [1.165, 1.54) is 31.2 Å². The van der Waals surface area contributed by atoms with Gasteiger partial charge in [-0.05, 0) is 55.2 Å². The van der Waals surface area contributed by atoms with Gasteiger partial charge in [-0.15, -0.1) is 0 Å². The van der Waals surface area contributed by atoms with Crippen molar-refractivity contribution in [2.45, 2.75) is 45.8 Å². The molecule has 0 radical (unpaired) electrons. The minimum absolute atomic E-state index is 0.0704. The minimum Gasteiger partial charge on any atom is -0.449 e. The van der Waals surface area contributed by atoms with Gasteiger partial charge >= 0.3 is 12.6 Å². The first kappa shape index (κ1) is 21.3. The van der Waals surface area contributed by atoms with Crippen molar-refractivity contribution in [1.82, 2.24) is 0 Å². The molecule has 0 aliphatic heterocycles. The summed E-state index contributed by atoms with van der Waals surface area (Å²) in [4.78, 5) is 24.6. The van der Waals surface area contributed by atoms with Crippen LogP contribution < -0.4 is 10.1 Å². The highest BCUT2D eigenvalue weighted by molar-refractivity contribution is 5.97. The monoisotopic (exact) mass is 391 g/mol. The summed E-state index contributed by atoms with van der Waals surface area (Å²) in [5, 5.41) is 2.79. The molecule has 0 aliphatic rings. The summed E-state index contributed by atoms with van der Waals surface area (Å²) < 4.78 is 33.7. The van der Waals surface area contributed by atoms with E-state index in [1.54, 1.807) is 6.07 Å². The molecule has 0 bridgehead atoms. The molecule has 0 saturated heterocycles. The molecule has 0 aliphatic carbocycles. The number of hydrogen-bond donors (Lipinski definition) is 1. The SMILES string of the molecule is CC[C@@H](C)c1ccccc1NC(=O)[C@@H](C)OC(=O)c1ccc(OC(F)F)cc1. The molecule has 0 saturated carbocycles. The number of nitrogens with one attached hydrogen (secondary N) is 1. The topological polar surface area (TPSA) is 64.6 Å². The summed E-state index contributed by atoms with van der Waals surface area (Å²) in [7, 11) is 0. The zero-order chi connectivity index (χ0) is 20.7. The molecular formula is C21H23F2NO4. The third-order valence-electron chi connectivity index (χ3n) is 4.33. The zero-order valence-electron chi connectivity index (χ0n) is 15.9. The van der Waals surface area contributed by atoms with Crippen LogP contribution in [0, 0.1) is 0 Å². The Kier molecular flexibility index (Phi) is 7.49. The molecule has 5 nitrogen and oxygen atoms in total. The van der Waals surface area contributed by atoms with Crippen LogP contribution in [-0.2, 0) is 9.53 Å². The molecule has 1 amide bonds. The maximum Gasteiger partial charge on any atom is 0.387 e. The Bertz CT molecular complexity index is 808. The fraction of sp³-hybridized carbons (Fsp3) is 0.333. The molecule has 2 aromatic carbocycles. The number of carbonyl (C=O) groups is 2. The Labute approximate surface area is 162 Å². The van der Waals surface area contributed by atoms with Crippen LogP contribution in [0.2, 0.25) is 0 Å². The minimum atomic E-state index is -2.94. The van der Waals surface area contributed by atoms with E-state index in [0.29, 0.717) is 5.69 Å². The summed E-state index contributed by atoms with van der Waals surface area (Å²) in [6, 6.07) is 12.5. The lowest BCUT2D eigenvalue weighted by Gasteiger charge is -2.18. The Balaban J connectivity index is 2.00. The number of rotatable bonds is 8. The van der Waals surface area contributed by atoms with Gasteiger partial charge in [-0.1, -0.05) is 32.0 Å². The molecule has 0 unspecified atom stereocenters. The lowest BCUT2D eigenvalue weighted by molar-refractivity contribution is -0.123. The van der Waals surface area contributed by atoms with Gasteiger partial charge in [0.15, 0.2) is 6.10 Å². The average Bonchev–Trinajstić information content (AvgIpc) is 2.67. The number of carbonyl (C=O) groups excluding carboxylic acids is 2. The Morgan fingerprint density at radius 3 is 2.29 bits per heavy atom. The van der Waals surface area contributed by atoms with Crippen LogP contribution in [0.5, 0.6) is 5.75 Å². The van der Waals surface area contributed by atoms with E-state index in [1.807, 2.05) is 18.2 Å². The fourth-order valence-corrected chi connectivity index (χ4v) is 2.55. The molecule has 2 atom stereocenters. The van der Waals surface area contributed by atoms with Crippen LogP contribution in [0.15, 0.2) is 48.5 Å². The number of halogens is 2. The highest BCUT2D eigenvalue weighted by Gasteiger charge is 2.20. The smallest absolute Gasteiger partial charge is 0.387 e. The van der Waals surface area contributed by atoms with Crippen molar-refractivity contribution in [3.05, 3.63) is 59.7 Å². The summed E-state index contributed by atoms with van der Waals surface area (Å²) in [6.07, 6.45) is -0.114. The van der Waals surface area contributed by atoms with E-state index in [2.05, 4.69) is 23.9 Å². The van der Waals surface area contributed by atoms with Crippen LogP contribution in [-0.4, -0.2) is 24.6 Å². The van der Waals surface area contributed by atoms with Gasteiger partial charge in [0.2, 0.25) is 0 Å². The maximum atomic E-state index is 12.4. The summed E-state index contributed by atoms with van der Waals surface area (Å²) >= 11 is 0. The second-order valence-corrected chi connectivity index (χ2v) is 6.34. The first-order chi connectivity index (χ1) is 13.3. The molecule has 0 heterocycles. The maximum absolute atomic E-state index is 12.4. The third kappa shape index (κ3) is 5.77. The number of esters is 1. The van der Waals surface area contributed by atoms with E-state index >= 15 is 0 Å². The number of anilines is 1.